The van der Waals surface area contributed by atoms with E-state index < -0.39 is 0 Å². The molecule has 2 atom stereocenters. The Morgan fingerprint density at radius 2 is 1.77 bits per heavy atom. The number of carbonyl (C=O) groups excluding carboxylic acids is 1. The molecule has 1 aliphatic rings. The number of ether oxygens (including phenoxy) is 2. The second kappa shape index (κ2) is 6.10. The Balaban J connectivity index is 1.62. The Kier molecular flexibility index (Phi) is 4.00. The third-order valence-corrected chi connectivity index (χ3v) is 4.01. The highest BCUT2D eigenvalue weighted by Gasteiger charge is 2.43. The summed E-state index contributed by atoms with van der Waals surface area (Å²) in [6.45, 7) is 0. The highest BCUT2D eigenvalue weighted by atomic mass is 16.5. The first kappa shape index (κ1) is 14.4. The van der Waals surface area contributed by atoms with E-state index in [1.165, 1.54) is 5.56 Å². The molecule has 2 aromatic rings. The van der Waals surface area contributed by atoms with Crippen LogP contribution in [0.1, 0.15) is 17.9 Å². The molecule has 1 saturated carbocycles. The average molecular weight is 297 g/mol. The van der Waals surface area contributed by atoms with Gasteiger partial charge in [-0.2, -0.15) is 0 Å². The van der Waals surface area contributed by atoms with Crippen molar-refractivity contribution in [2.45, 2.75) is 12.3 Å². The Morgan fingerprint density at radius 3 is 2.45 bits per heavy atom. The first-order chi connectivity index (χ1) is 10.7. The lowest BCUT2D eigenvalue weighted by Gasteiger charge is -2.07. The van der Waals surface area contributed by atoms with Gasteiger partial charge in [-0.25, -0.2) is 0 Å². The van der Waals surface area contributed by atoms with Gasteiger partial charge in [0.25, 0.3) is 0 Å². The predicted octanol–water partition coefficient (Wildman–Crippen LogP) is 3.45. The zero-order valence-electron chi connectivity index (χ0n) is 12.7. The van der Waals surface area contributed by atoms with E-state index >= 15 is 0 Å². The summed E-state index contributed by atoms with van der Waals surface area (Å²) in [7, 11) is 3.26. The molecule has 1 aliphatic carbocycles. The standard InChI is InChI=1S/C18H19NO3/c1-21-14-8-6-12(7-9-14)16-11-17(16)18(20)19-13-4-3-5-15(10-13)22-2/h3-10,16-17H,11H2,1-2H3,(H,19,20). The van der Waals surface area contributed by atoms with Gasteiger partial charge in [0, 0.05) is 17.7 Å². The summed E-state index contributed by atoms with van der Waals surface area (Å²) in [5.74, 6) is 1.98. The molecule has 0 heterocycles. The van der Waals surface area contributed by atoms with Crippen LogP contribution in [0.2, 0.25) is 0 Å². The van der Waals surface area contributed by atoms with Gasteiger partial charge in [0.2, 0.25) is 5.91 Å². The molecule has 4 nitrogen and oxygen atoms in total. The molecule has 1 fully saturated rings. The molecule has 3 rings (SSSR count). The molecule has 2 aromatic carbocycles. The third-order valence-electron chi connectivity index (χ3n) is 4.01. The fraction of sp³-hybridized carbons (Fsp3) is 0.278. The topological polar surface area (TPSA) is 47.6 Å². The van der Waals surface area contributed by atoms with E-state index in [1.807, 2.05) is 48.5 Å². The number of amides is 1. The summed E-state index contributed by atoms with van der Waals surface area (Å²) >= 11 is 0. The number of hydrogen-bond donors (Lipinski definition) is 1. The molecular weight excluding hydrogens is 278 g/mol. The molecular formula is C18H19NO3. The quantitative estimate of drug-likeness (QED) is 0.919. The van der Waals surface area contributed by atoms with Crippen molar-refractivity contribution in [3.05, 3.63) is 54.1 Å². The summed E-state index contributed by atoms with van der Waals surface area (Å²) in [4.78, 5) is 12.3. The van der Waals surface area contributed by atoms with Gasteiger partial charge in [-0.3, -0.25) is 4.79 Å². The largest absolute Gasteiger partial charge is 0.497 e. The van der Waals surface area contributed by atoms with Crippen molar-refractivity contribution in [2.75, 3.05) is 19.5 Å². The maximum Gasteiger partial charge on any atom is 0.228 e. The van der Waals surface area contributed by atoms with Crippen molar-refractivity contribution in [3.63, 3.8) is 0 Å². The number of benzene rings is 2. The molecule has 0 aliphatic heterocycles. The summed E-state index contributed by atoms with van der Waals surface area (Å²) < 4.78 is 10.3. The van der Waals surface area contributed by atoms with Gasteiger partial charge in [0.15, 0.2) is 0 Å². The number of hydrogen-bond acceptors (Lipinski definition) is 3. The van der Waals surface area contributed by atoms with Crippen LogP contribution in [0.5, 0.6) is 11.5 Å². The van der Waals surface area contributed by atoms with Gasteiger partial charge in [0.1, 0.15) is 11.5 Å². The minimum absolute atomic E-state index is 0.0413. The summed E-state index contributed by atoms with van der Waals surface area (Å²) in [5, 5.41) is 2.96. The Hall–Kier alpha value is -2.49. The van der Waals surface area contributed by atoms with Gasteiger partial charge in [-0.05, 0) is 42.2 Å². The van der Waals surface area contributed by atoms with Gasteiger partial charge in [0.05, 0.1) is 14.2 Å². The zero-order valence-corrected chi connectivity index (χ0v) is 12.7. The molecule has 4 heteroatoms. The van der Waals surface area contributed by atoms with Crippen LogP contribution in [-0.2, 0) is 4.79 Å². The first-order valence-corrected chi connectivity index (χ1v) is 7.30. The van der Waals surface area contributed by atoms with Gasteiger partial charge >= 0.3 is 0 Å². The second-order valence-corrected chi connectivity index (χ2v) is 5.44. The zero-order chi connectivity index (χ0) is 15.5. The Labute approximate surface area is 130 Å². The van der Waals surface area contributed by atoms with Crippen LogP contribution in [0, 0.1) is 5.92 Å². The molecule has 0 radical (unpaired) electrons. The summed E-state index contributed by atoms with van der Waals surface area (Å²) in [5.41, 5.74) is 1.95. The Bertz CT molecular complexity index is 666. The van der Waals surface area contributed by atoms with Crippen LogP contribution in [0.15, 0.2) is 48.5 Å². The molecule has 0 bridgehead atoms. The number of anilines is 1. The van der Waals surface area contributed by atoms with Crippen LogP contribution in [0.3, 0.4) is 0 Å². The molecule has 0 saturated heterocycles. The van der Waals surface area contributed by atoms with Crippen molar-refractivity contribution in [1.82, 2.24) is 0 Å². The molecule has 114 valence electrons. The normalized spacial score (nSPS) is 19.4. The molecule has 2 unspecified atom stereocenters. The van der Waals surface area contributed by atoms with Crippen LogP contribution < -0.4 is 14.8 Å². The van der Waals surface area contributed by atoms with E-state index in [4.69, 9.17) is 9.47 Å². The van der Waals surface area contributed by atoms with Gasteiger partial charge in [-0.1, -0.05) is 18.2 Å². The maximum atomic E-state index is 12.3. The third kappa shape index (κ3) is 3.06. The van der Waals surface area contributed by atoms with Crippen molar-refractivity contribution < 1.29 is 14.3 Å². The maximum absolute atomic E-state index is 12.3. The Morgan fingerprint density at radius 1 is 1.05 bits per heavy atom. The van der Waals surface area contributed by atoms with E-state index in [0.29, 0.717) is 5.92 Å². The number of methoxy groups -OCH3 is 2. The number of carbonyl (C=O) groups is 1. The van der Waals surface area contributed by atoms with Gasteiger partial charge in [-0.15, -0.1) is 0 Å². The molecule has 0 spiro atoms. The summed E-state index contributed by atoms with van der Waals surface area (Å²) in [6, 6.07) is 15.3. The highest BCUT2D eigenvalue weighted by molar-refractivity contribution is 5.95. The first-order valence-electron chi connectivity index (χ1n) is 7.30. The van der Waals surface area contributed by atoms with E-state index in [-0.39, 0.29) is 11.8 Å². The second-order valence-electron chi connectivity index (χ2n) is 5.44. The molecule has 1 amide bonds. The molecule has 22 heavy (non-hydrogen) atoms. The monoisotopic (exact) mass is 297 g/mol. The van der Waals surface area contributed by atoms with Crippen LogP contribution in [0.25, 0.3) is 0 Å². The molecule has 1 N–H and O–H groups in total. The lowest BCUT2D eigenvalue weighted by atomic mass is 10.1. The fourth-order valence-electron chi connectivity index (χ4n) is 2.64. The minimum Gasteiger partial charge on any atom is -0.497 e. The van der Waals surface area contributed by atoms with Crippen LogP contribution >= 0.6 is 0 Å². The van der Waals surface area contributed by atoms with Crippen LogP contribution in [-0.4, -0.2) is 20.1 Å². The van der Waals surface area contributed by atoms with Crippen molar-refractivity contribution >= 4 is 11.6 Å². The van der Waals surface area contributed by atoms with E-state index in [0.717, 1.165) is 23.6 Å². The number of nitrogens with one attached hydrogen (secondary N) is 1. The van der Waals surface area contributed by atoms with Crippen molar-refractivity contribution in [2.24, 2.45) is 5.92 Å². The van der Waals surface area contributed by atoms with E-state index in [1.54, 1.807) is 14.2 Å². The lowest BCUT2D eigenvalue weighted by molar-refractivity contribution is -0.117. The fourth-order valence-corrected chi connectivity index (χ4v) is 2.64. The predicted molar refractivity (Wildman–Crippen MR) is 85.5 cm³/mol. The highest BCUT2D eigenvalue weighted by Crippen LogP contribution is 2.48. The van der Waals surface area contributed by atoms with Crippen molar-refractivity contribution in [3.8, 4) is 11.5 Å². The van der Waals surface area contributed by atoms with E-state index in [2.05, 4.69) is 5.32 Å². The smallest absolute Gasteiger partial charge is 0.228 e. The summed E-state index contributed by atoms with van der Waals surface area (Å²) in [6.07, 6.45) is 0.891. The van der Waals surface area contributed by atoms with E-state index in [9.17, 15) is 4.79 Å². The molecule has 0 aromatic heterocycles. The van der Waals surface area contributed by atoms with Gasteiger partial charge < -0.3 is 14.8 Å². The number of rotatable bonds is 5. The SMILES string of the molecule is COc1ccc(C2CC2C(=O)Nc2cccc(OC)c2)cc1. The van der Waals surface area contributed by atoms with Crippen LogP contribution in [0.4, 0.5) is 5.69 Å². The lowest BCUT2D eigenvalue weighted by Crippen LogP contribution is -2.14. The minimum atomic E-state index is 0.0413. The van der Waals surface area contributed by atoms with Crippen molar-refractivity contribution in [1.29, 1.82) is 0 Å². The average Bonchev–Trinajstić information content (AvgIpc) is 3.36.